The summed E-state index contributed by atoms with van der Waals surface area (Å²) in [5.41, 5.74) is -1.13. The Hall–Kier alpha value is -2.67. The minimum Gasteiger partial charge on any atom is -0.452 e. The summed E-state index contributed by atoms with van der Waals surface area (Å²) in [5, 5.41) is 11.7. The molecule has 0 aromatic rings. The molecule has 0 saturated carbocycles. The molecule has 0 bridgehead atoms. The molecule has 2 aliphatic rings. The lowest BCUT2D eigenvalue weighted by atomic mass is 9.90. The van der Waals surface area contributed by atoms with Crippen LogP contribution in [0.25, 0.3) is 0 Å². The average Bonchev–Trinajstić information content (AvgIpc) is 2.58. The van der Waals surface area contributed by atoms with Crippen molar-refractivity contribution in [1.29, 1.82) is 5.26 Å². The molecule has 26 heavy (non-hydrogen) atoms. The van der Waals surface area contributed by atoms with E-state index in [1.54, 1.807) is 33.0 Å². The zero-order valence-electron chi connectivity index (χ0n) is 14.7. The van der Waals surface area contributed by atoms with Crippen molar-refractivity contribution in [2.45, 2.75) is 26.3 Å². The fourth-order valence-electron chi connectivity index (χ4n) is 2.21. The van der Waals surface area contributed by atoms with Gasteiger partial charge in [-0.1, -0.05) is 13.8 Å². The second-order valence-corrected chi connectivity index (χ2v) is 8.16. The lowest BCUT2D eigenvalue weighted by Crippen LogP contribution is -2.50. The van der Waals surface area contributed by atoms with Crippen LogP contribution in [0, 0.1) is 17.2 Å². The van der Waals surface area contributed by atoms with E-state index in [9.17, 15) is 23.3 Å². The molecular formula is C16H20N4O5S. The minimum absolute atomic E-state index is 0.0202. The normalized spacial score (nSPS) is 20.2. The Bertz CT molecular complexity index is 850. The van der Waals surface area contributed by atoms with Crippen LogP contribution in [0.15, 0.2) is 28.3 Å². The molecule has 0 aliphatic carbocycles. The van der Waals surface area contributed by atoms with E-state index in [1.807, 2.05) is 6.07 Å². The zero-order valence-corrected chi connectivity index (χ0v) is 15.5. The molecule has 0 fully saturated rings. The van der Waals surface area contributed by atoms with Gasteiger partial charge in [-0.3, -0.25) is 4.79 Å². The standard InChI is InChI=1S/C16H20N4O5S/c1-11(2)16(3,10-17)18-13(21)9-25-15(22)12-5-4-6-20-7-8-26(23,24)19-14(12)20/h4-6,11H,7-9H2,1-3H3,(H,18,21)/t16-/m0/s1. The molecule has 1 atom stereocenters. The van der Waals surface area contributed by atoms with Crippen LogP contribution in [-0.2, 0) is 24.3 Å². The fourth-order valence-corrected chi connectivity index (χ4v) is 3.20. The van der Waals surface area contributed by atoms with Gasteiger partial charge < -0.3 is 15.0 Å². The first-order chi connectivity index (χ1) is 12.1. The van der Waals surface area contributed by atoms with E-state index in [1.165, 1.54) is 11.0 Å². The number of allylic oxidation sites excluding steroid dienone is 2. The first-order valence-electron chi connectivity index (χ1n) is 7.95. The summed E-state index contributed by atoms with van der Waals surface area (Å²) in [7, 11) is -3.64. The molecule has 0 saturated heterocycles. The Labute approximate surface area is 152 Å². The molecular weight excluding hydrogens is 360 g/mol. The Kier molecular flexibility index (Phi) is 5.51. The topological polar surface area (TPSA) is 129 Å². The number of sulfonamides is 1. The van der Waals surface area contributed by atoms with Crippen molar-refractivity contribution >= 4 is 27.7 Å². The molecule has 0 radical (unpaired) electrons. The summed E-state index contributed by atoms with van der Waals surface area (Å²) in [4.78, 5) is 25.8. The van der Waals surface area contributed by atoms with Gasteiger partial charge in [-0.2, -0.15) is 5.26 Å². The maximum atomic E-state index is 12.3. The van der Waals surface area contributed by atoms with Crippen molar-refractivity contribution in [1.82, 2.24) is 10.2 Å². The van der Waals surface area contributed by atoms with Gasteiger partial charge in [0.25, 0.3) is 15.9 Å². The lowest BCUT2D eigenvalue weighted by Gasteiger charge is -2.28. The maximum Gasteiger partial charge on any atom is 0.342 e. The van der Waals surface area contributed by atoms with Crippen LogP contribution in [0.1, 0.15) is 20.8 Å². The van der Waals surface area contributed by atoms with Crippen molar-refractivity contribution < 1.29 is 22.7 Å². The number of ether oxygens (including phenoxy) is 1. The van der Waals surface area contributed by atoms with Gasteiger partial charge in [-0.05, 0) is 25.0 Å². The third-order valence-corrected chi connectivity index (χ3v) is 5.35. The summed E-state index contributed by atoms with van der Waals surface area (Å²) in [6, 6.07) is 2.02. The second-order valence-electron chi connectivity index (χ2n) is 6.41. The van der Waals surface area contributed by atoms with Crippen LogP contribution in [0.3, 0.4) is 0 Å². The second kappa shape index (κ2) is 7.29. The zero-order chi connectivity index (χ0) is 19.5. The number of fused-ring (bicyclic) bond motifs is 1. The summed E-state index contributed by atoms with van der Waals surface area (Å²) in [5.74, 6) is -1.80. The number of rotatable bonds is 5. The first-order valence-corrected chi connectivity index (χ1v) is 9.56. The highest BCUT2D eigenvalue weighted by molar-refractivity contribution is 7.90. The summed E-state index contributed by atoms with van der Waals surface area (Å²) >= 11 is 0. The number of nitrogens with one attached hydrogen (secondary N) is 1. The van der Waals surface area contributed by atoms with E-state index >= 15 is 0 Å². The number of hydrogen-bond donors (Lipinski definition) is 1. The predicted octanol–water partition coefficient (Wildman–Crippen LogP) is 0.0817. The van der Waals surface area contributed by atoms with Crippen molar-refractivity contribution in [2.24, 2.45) is 10.3 Å². The summed E-state index contributed by atoms with van der Waals surface area (Å²) < 4.78 is 31.9. The lowest BCUT2D eigenvalue weighted by molar-refractivity contribution is -0.144. The number of amidine groups is 1. The number of esters is 1. The molecule has 0 spiro atoms. The van der Waals surface area contributed by atoms with Gasteiger partial charge in [0.1, 0.15) is 11.1 Å². The molecule has 0 aromatic carbocycles. The monoisotopic (exact) mass is 380 g/mol. The highest BCUT2D eigenvalue weighted by atomic mass is 32.2. The molecule has 140 valence electrons. The van der Waals surface area contributed by atoms with Crippen molar-refractivity contribution in [3.05, 3.63) is 23.9 Å². The SMILES string of the molecule is CC(C)[C@](C)(C#N)NC(=O)COC(=O)C1=CC=CN2CCS(=O)(=O)N=C12. The van der Waals surface area contributed by atoms with Crippen molar-refractivity contribution in [2.75, 3.05) is 18.9 Å². The largest absolute Gasteiger partial charge is 0.452 e. The van der Waals surface area contributed by atoms with E-state index in [4.69, 9.17) is 4.74 Å². The van der Waals surface area contributed by atoms with E-state index in [0.29, 0.717) is 0 Å². The van der Waals surface area contributed by atoms with Gasteiger partial charge in [0.2, 0.25) is 0 Å². The van der Waals surface area contributed by atoms with Gasteiger partial charge in [0, 0.05) is 12.7 Å². The van der Waals surface area contributed by atoms with E-state index in [-0.39, 0.29) is 29.6 Å². The number of amides is 1. The van der Waals surface area contributed by atoms with Crippen LogP contribution in [0.5, 0.6) is 0 Å². The van der Waals surface area contributed by atoms with Gasteiger partial charge >= 0.3 is 5.97 Å². The Morgan fingerprint density at radius 1 is 1.50 bits per heavy atom. The third kappa shape index (κ3) is 4.29. The maximum absolute atomic E-state index is 12.3. The van der Waals surface area contributed by atoms with Crippen LogP contribution in [0.2, 0.25) is 0 Å². The quantitative estimate of drug-likeness (QED) is 0.669. The number of hydrogen-bond acceptors (Lipinski definition) is 7. The average molecular weight is 380 g/mol. The molecule has 10 heteroatoms. The van der Waals surface area contributed by atoms with Gasteiger partial charge in [-0.25, -0.2) is 13.2 Å². The van der Waals surface area contributed by atoms with E-state index in [2.05, 4.69) is 9.71 Å². The molecule has 0 aromatic heterocycles. The number of nitriles is 1. The Balaban J connectivity index is 2.05. The smallest absolute Gasteiger partial charge is 0.342 e. The summed E-state index contributed by atoms with van der Waals surface area (Å²) in [6.45, 7) is 4.72. The fraction of sp³-hybridized carbons (Fsp3) is 0.500. The van der Waals surface area contributed by atoms with Crippen LogP contribution in [-0.4, -0.2) is 55.5 Å². The third-order valence-electron chi connectivity index (χ3n) is 4.20. The van der Waals surface area contributed by atoms with Crippen LogP contribution >= 0.6 is 0 Å². The molecule has 9 nitrogen and oxygen atoms in total. The van der Waals surface area contributed by atoms with Gasteiger partial charge in [0.05, 0.1) is 11.8 Å². The minimum atomic E-state index is -3.64. The van der Waals surface area contributed by atoms with E-state index < -0.39 is 34.0 Å². The van der Waals surface area contributed by atoms with Crippen LogP contribution < -0.4 is 5.32 Å². The molecule has 1 amide bonds. The van der Waals surface area contributed by atoms with Gasteiger partial charge in [-0.15, -0.1) is 4.40 Å². The molecule has 1 N–H and O–H groups in total. The predicted molar refractivity (Wildman–Crippen MR) is 93.1 cm³/mol. The Morgan fingerprint density at radius 3 is 2.81 bits per heavy atom. The number of carbonyl (C=O) groups is 2. The molecule has 2 heterocycles. The first kappa shape index (κ1) is 19.7. The summed E-state index contributed by atoms with van der Waals surface area (Å²) in [6.07, 6.45) is 4.56. The van der Waals surface area contributed by atoms with Crippen LogP contribution in [0.4, 0.5) is 0 Å². The van der Waals surface area contributed by atoms with Crippen molar-refractivity contribution in [3.8, 4) is 6.07 Å². The number of carbonyl (C=O) groups excluding carboxylic acids is 2. The number of nitrogens with zero attached hydrogens (tertiary/aromatic N) is 3. The molecule has 2 rings (SSSR count). The van der Waals surface area contributed by atoms with E-state index in [0.717, 1.165) is 0 Å². The highest BCUT2D eigenvalue weighted by Crippen LogP contribution is 2.19. The Morgan fingerprint density at radius 2 is 2.19 bits per heavy atom. The van der Waals surface area contributed by atoms with Gasteiger partial charge in [0.15, 0.2) is 12.4 Å². The van der Waals surface area contributed by atoms with Crippen molar-refractivity contribution in [3.63, 3.8) is 0 Å². The highest BCUT2D eigenvalue weighted by Gasteiger charge is 2.32. The molecule has 0 unspecified atom stereocenters. The molecule has 2 aliphatic heterocycles.